The molecule has 2 aliphatic rings. The third-order valence-corrected chi connectivity index (χ3v) is 7.79. The Morgan fingerprint density at radius 1 is 1.00 bits per heavy atom. The molecule has 5 atom stereocenters. The van der Waals surface area contributed by atoms with Crippen LogP contribution in [-0.2, 0) is 9.47 Å². The van der Waals surface area contributed by atoms with E-state index in [1.807, 2.05) is 36.4 Å². The van der Waals surface area contributed by atoms with Crippen LogP contribution in [0, 0.1) is 0 Å². The van der Waals surface area contributed by atoms with Crippen molar-refractivity contribution < 1.29 is 34.6 Å². The number of rotatable bonds is 6. The molecule has 1 aromatic heterocycles. The van der Waals surface area contributed by atoms with Crippen molar-refractivity contribution in [2.75, 3.05) is 19.8 Å². The van der Waals surface area contributed by atoms with Gasteiger partial charge >= 0.3 is 0 Å². The van der Waals surface area contributed by atoms with Crippen molar-refractivity contribution in [3.63, 3.8) is 0 Å². The molecule has 0 unspecified atom stereocenters. The predicted octanol–water partition coefficient (Wildman–Crippen LogP) is 2.98. The van der Waals surface area contributed by atoms with E-state index in [1.165, 1.54) is 11.8 Å². The fourth-order valence-electron chi connectivity index (χ4n) is 4.53. The summed E-state index contributed by atoms with van der Waals surface area (Å²) in [6.07, 6.45) is -2.65. The van der Waals surface area contributed by atoms with Gasteiger partial charge in [0, 0.05) is 34.2 Å². The average molecular weight is 522 g/mol. The maximum Gasteiger partial charge on any atom is 0.163 e. The molecule has 3 heterocycles. The minimum atomic E-state index is -1.48. The van der Waals surface area contributed by atoms with Crippen LogP contribution in [0.25, 0.3) is 10.9 Å². The van der Waals surface area contributed by atoms with Crippen molar-refractivity contribution in [1.29, 1.82) is 0 Å². The van der Waals surface area contributed by atoms with Gasteiger partial charge in [-0.25, -0.2) is 0 Å². The number of aromatic nitrogens is 1. The highest BCUT2D eigenvalue weighted by Crippen LogP contribution is 2.41. The van der Waals surface area contributed by atoms with E-state index >= 15 is 0 Å². The number of nitrogens with zero attached hydrogens (tertiary/aromatic N) is 1. The highest BCUT2D eigenvalue weighted by Gasteiger charge is 2.44. The van der Waals surface area contributed by atoms with Gasteiger partial charge in [0.05, 0.1) is 30.4 Å². The number of fused-ring (bicyclic) bond motifs is 1. The van der Waals surface area contributed by atoms with Crippen molar-refractivity contribution >= 4 is 34.3 Å². The first-order valence-electron chi connectivity index (χ1n) is 11.6. The molecule has 188 valence electrons. The first-order valence-corrected chi connectivity index (χ1v) is 12.8. The van der Waals surface area contributed by atoms with E-state index in [4.69, 9.17) is 25.8 Å². The molecule has 2 saturated heterocycles. The molecular weight excluding hydrogens is 494 g/mol. The van der Waals surface area contributed by atoms with Crippen LogP contribution >= 0.6 is 23.4 Å². The Kier molecular flexibility index (Phi) is 7.57. The fraction of sp³-hybridized carbons (Fsp3) is 0.440. The van der Waals surface area contributed by atoms with Gasteiger partial charge in [-0.1, -0.05) is 35.5 Å². The molecule has 8 nitrogen and oxygen atoms in total. The van der Waals surface area contributed by atoms with E-state index in [2.05, 4.69) is 0 Å². The topological polar surface area (TPSA) is 114 Å². The number of para-hydroxylation sites is 1. The standard InChI is InChI=1S/C25H28ClNO7S/c26-18-3-1-2-17-20(35-16-6-4-14(5-7-16)33-15-8-10-32-11-9-15)12-27(21(17)18)25-24(31)23(30)22(29)19(13-28)34-25/h1-7,12,15,19,22-25,28-31H,8-11,13H2/t19-,22-,23+,24-,25-/m1/s1. The normalized spacial score (nSPS) is 27.9. The van der Waals surface area contributed by atoms with Crippen LogP contribution in [0.15, 0.2) is 58.5 Å². The fourth-order valence-corrected chi connectivity index (χ4v) is 5.77. The number of aliphatic hydroxyl groups excluding tert-OH is 4. The number of halogens is 1. The molecule has 0 saturated carbocycles. The van der Waals surface area contributed by atoms with Crippen molar-refractivity contribution in [3.8, 4) is 5.75 Å². The second kappa shape index (κ2) is 10.7. The quantitative estimate of drug-likeness (QED) is 0.391. The van der Waals surface area contributed by atoms with Crippen LogP contribution in [0.2, 0.25) is 5.02 Å². The van der Waals surface area contributed by atoms with Crippen molar-refractivity contribution in [2.45, 2.75) is 59.4 Å². The van der Waals surface area contributed by atoms with E-state index in [-0.39, 0.29) is 6.10 Å². The molecule has 2 aromatic carbocycles. The van der Waals surface area contributed by atoms with Crippen LogP contribution in [0.3, 0.4) is 0 Å². The van der Waals surface area contributed by atoms with E-state index in [0.717, 1.165) is 47.0 Å². The molecule has 2 fully saturated rings. The Balaban J connectivity index is 1.42. The summed E-state index contributed by atoms with van der Waals surface area (Å²) in [5, 5.41) is 42.0. The van der Waals surface area contributed by atoms with Gasteiger partial charge < -0.3 is 39.2 Å². The SMILES string of the molecule is OC[C@H]1O[C@@H](n2cc(Sc3ccc(OC4CCOCC4)cc3)c3cccc(Cl)c32)[C@H](O)[C@@H](O)[C@@H]1O. The second-order valence-electron chi connectivity index (χ2n) is 8.76. The minimum absolute atomic E-state index is 0.168. The van der Waals surface area contributed by atoms with Crippen LogP contribution < -0.4 is 4.74 Å². The Morgan fingerprint density at radius 2 is 1.74 bits per heavy atom. The van der Waals surface area contributed by atoms with Crippen LogP contribution in [0.4, 0.5) is 0 Å². The predicted molar refractivity (Wildman–Crippen MR) is 131 cm³/mol. The first kappa shape index (κ1) is 24.9. The lowest BCUT2D eigenvalue weighted by atomic mass is 9.98. The third kappa shape index (κ3) is 5.05. The average Bonchev–Trinajstić information content (AvgIpc) is 3.24. The van der Waals surface area contributed by atoms with Gasteiger partial charge in [0.1, 0.15) is 36.3 Å². The highest BCUT2D eigenvalue weighted by molar-refractivity contribution is 7.99. The van der Waals surface area contributed by atoms with Gasteiger partial charge in [0.15, 0.2) is 6.23 Å². The molecule has 0 radical (unpaired) electrons. The Labute approximate surface area is 212 Å². The Bertz CT molecular complexity index is 1150. The Morgan fingerprint density at radius 3 is 2.46 bits per heavy atom. The number of hydrogen-bond acceptors (Lipinski definition) is 8. The van der Waals surface area contributed by atoms with E-state index in [9.17, 15) is 20.4 Å². The number of benzene rings is 2. The van der Waals surface area contributed by atoms with E-state index < -0.39 is 37.3 Å². The second-order valence-corrected chi connectivity index (χ2v) is 10.3. The molecule has 35 heavy (non-hydrogen) atoms. The molecular formula is C25H28ClNO7S. The lowest BCUT2D eigenvalue weighted by Crippen LogP contribution is -2.56. The van der Waals surface area contributed by atoms with Crippen molar-refractivity contribution in [3.05, 3.63) is 53.7 Å². The molecule has 2 aliphatic heterocycles. The van der Waals surface area contributed by atoms with Crippen molar-refractivity contribution in [2.24, 2.45) is 0 Å². The zero-order valence-corrected chi connectivity index (χ0v) is 20.4. The molecule has 10 heteroatoms. The first-order chi connectivity index (χ1) is 17.0. The molecule has 3 aromatic rings. The summed E-state index contributed by atoms with van der Waals surface area (Å²) in [6, 6.07) is 13.4. The molecule has 0 aliphatic carbocycles. The lowest BCUT2D eigenvalue weighted by Gasteiger charge is -2.40. The maximum absolute atomic E-state index is 10.7. The molecule has 0 amide bonds. The monoisotopic (exact) mass is 521 g/mol. The number of hydrogen-bond donors (Lipinski definition) is 4. The molecule has 0 bridgehead atoms. The minimum Gasteiger partial charge on any atom is -0.490 e. The summed E-state index contributed by atoms with van der Waals surface area (Å²) in [5.41, 5.74) is 0.625. The number of ether oxygens (including phenoxy) is 3. The van der Waals surface area contributed by atoms with Gasteiger partial charge in [-0.3, -0.25) is 0 Å². The molecule has 5 rings (SSSR count). The lowest BCUT2D eigenvalue weighted by molar-refractivity contribution is -0.250. The zero-order valence-electron chi connectivity index (χ0n) is 18.9. The van der Waals surface area contributed by atoms with E-state index in [1.54, 1.807) is 16.8 Å². The van der Waals surface area contributed by atoms with Gasteiger partial charge in [-0.05, 0) is 30.3 Å². The van der Waals surface area contributed by atoms with Crippen LogP contribution in [0.1, 0.15) is 19.1 Å². The summed E-state index contributed by atoms with van der Waals surface area (Å²) in [4.78, 5) is 1.86. The molecule has 0 spiro atoms. The van der Waals surface area contributed by atoms with Crippen molar-refractivity contribution in [1.82, 2.24) is 4.57 Å². The summed E-state index contributed by atoms with van der Waals surface area (Å²) in [6.45, 7) is 0.942. The third-order valence-electron chi connectivity index (χ3n) is 6.43. The highest BCUT2D eigenvalue weighted by atomic mass is 35.5. The Hall–Kier alpha value is -1.82. The van der Waals surface area contributed by atoms with Gasteiger partial charge in [0.2, 0.25) is 0 Å². The van der Waals surface area contributed by atoms with Gasteiger partial charge in [-0.15, -0.1) is 0 Å². The number of aliphatic hydroxyl groups is 4. The maximum atomic E-state index is 10.7. The van der Waals surface area contributed by atoms with Gasteiger partial charge in [0.25, 0.3) is 0 Å². The summed E-state index contributed by atoms with van der Waals surface area (Å²) in [5.74, 6) is 0.813. The molecule has 4 N–H and O–H groups in total. The largest absolute Gasteiger partial charge is 0.490 e. The van der Waals surface area contributed by atoms with Crippen LogP contribution in [-0.4, -0.2) is 75.3 Å². The van der Waals surface area contributed by atoms with E-state index in [0.29, 0.717) is 10.5 Å². The summed E-state index contributed by atoms with van der Waals surface area (Å²) in [7, 11) is 0. The summed E-state index contributed by atoms with van der Waals surface area (Å²) >= 11 is 8.06. The van der Waals surface area contributed by atoms with Crippen LogP contribution in [0.5, 0.6) is 5.75 Å². The summed E-state index contributed by atoms with van der Waals surface area (Å²) < 4.78 is 18.9. The van der Waals surface area contributed by atoms with Gasteiger partial charge in [-0.2, -0.15) is 0 Å². The smallest absolute Gasteiger partial charge is 0.163 e. The zero-order chi connectivity index (χ0) is 24.5.